The van der Waals surface area contributed by atoms with E-state index >= 15 is 8.78 Å². The van der Waals surface area contributed by atoms with Crippen molar-refractivity contribution in [2.24, 2.45) is 5.92 Å². The van der Waals surface area contributed by atoms with Crippen LogP contribution in [0.25, 0.3) is 10.9 Å². The van der Waals surface area contributed by atoms with Gasteiger partial charge in [-0.2, -0.15) is 4.98 Å². The topological polar surface area (TPSA) is 148 Å². The maximum absolute atomic E-state index is 15.2. The van der Waals surface area contributed by atoms with Crippen molar-refractivity contribution in [2.75, 3.05) is 99.8 Å². The summed E-state index contributed by atoms with van der Waals surface area (Å²) in [6.45, 7) is 18.5. The molecule has 3 N–H and O–H groups in total. The van der Waals surface area contributed by atoms with Crippen molar-refractivity contribution in [1.82, 2.24) is 30.1 Å². The first-order valence-corrected chi connectivity index (χ1v) is 28.5. The molecule has 0 saturated carbocycles. The van der Waals surface area contributed by atoms with Crippen LogP contribution in [0, 0.1) is 31.4 Å². The van der Waals surface area contributed by atoms with Crippen LogP contribution in [0.3, 0.4) is 0 Å². The molecule has 2 aromatic heterocycles. The van der Waals surface area contributed by atoms with Crippen LogP contribution in [0.5, 0.6) is 5.75 Å². The van der Waals surface area contributed by atoms with Crippen molar-refractivity contribution in [3.05, 3.63) is 87.2 Å². The Hall–Kier alpha value is -5.22. The molecule has 0 radical (unpaired) electrons. The predicted octanol–water partition coefficient (Wildman–Crippen LogP) is 9.40. The Bertz CT molecular complexity index is 2840. The van der Waals surface area contributed by atoms with Gasteiger partial charge in [0.15, 0.2) is 0 Å². The molecule has 0 spiro atoms. The summed E-state index contributed by atoms with van der Waals surface area (Å²) in [7, 11) is -1.06. The Morgan fingerprint density at radius 2 is 1.56 bits per heavy atom. The van der Waals surface area contributed by atoms with Crippen LogP contribution in [0.2, 0.25) is 0 Å². The third-order valence-electron chi connectivity index (χ3n) is 15.2. The quantitative estimate of drug-likeness (QED) is 0.0718. The molecule has 18 heteroatoms. The van der Waals surface area contributed by atoms with Gasteiger partial charge < -0.3 is 34.6 Å². The third kappa shape index (κ3) is 11.2. The van der Waals surface area contributed by atoms with E-state index in [2.05, 4.69) is 76.7 Å². The Kier molecular flexibility index (Phi) is 15.3. The molecule has 4 fully saturated rings. The summed E-state index contributed by atoms with van der Waals surface area (Å²) < 4.78 is 50.9. The first kappa shape index (κ1) is 50.7. The van der Waals surface area contributed by atoms with Gasteiger partial charge in [0.2, 0.25) is 17.8 Å². The number of aryl methyl sites for hydroxylation is 3. The van der Waals surface area contributed by atoms with E-state index in [1.54, 1.807) is 26.6 Å². The van der Waals surface area contributed by atoms with Crippen LogP contribution in [0.4, 0.5) is 43.3 Å². The summed E-state index contributed by atoms with van der Waals surface area (Å²) in [5, 5.41) is 10.7. The number of benzene rings is 3. The van der Waals surface area contributed by atoms with E-state index in [9.17, 15) is 14.2 Å². The Labute approximate surface area is 424 Å². The monoisotopic (exact) mass is 1050 g/mol. The number of piperidine rings is 3. The number of carbonyl (C=O) groups excluding carboxylic acids is 2. The fourth-order valence-electron chi connectivity index (χ4n) is 11.1. The van der Waals surface area contributed by atoms with Crippen LogP contribution in [0.15, 0.2) is 53.1 Å². The van der Waals surface area contributed by atoms with E-state index in [1.807, 2.05) is 30.9 Å². The number of anilines is 6. The van der Waals surface area contributed by atoms with Gasteiger partial charge in [-0.25, -0.2) is 13.8 Å². The average molecular weight is 1060 g/mol. The summed E-state index contributed by atoms with van der Waals surface area (Å²) in [5.74, 6) is -1.29. The molecular formula is C53H66BrF2N10O4P. The molecule has 1 atom stereocenters. The van der Waals surface area contributed by atoms with E-state index in [0.717, 1.165) is 131 Å². The van der Waals surface area contributed by atoms with Gasteiger partial charge >= 0.3 is 0 Å². The molecule has 4 aliphatic rings. The predicted molar refractivity (Wildman–Crippen MR) is 283 cm³/mol. The molecule has 2 amide bonds. The largest absolute Gasteiger partial charge is 0.494 e. The standard InChI is InChI=1S/C53H66BrF2N10O4P/c1-7-35-27-45(60-53-57-31-40(54)51(62-53)59-44-10-9-43-39(50(44)71(5,6)69)26-32(2)33(3)58-43)47(70-4)30-46(35)66-20-15-36(16-21-66)65-24-22-63(23-25-65)17-12-34-13-18-64(19-14-34)37-28-41(55)49(42(56)29-37)38-8-11-48(67)61-52(38)68/h9-10,26-31,34,36,38H,7-8,11-25H2,1-6H3,(H,61,67,68)(H2,57,59,60,62). The molecule has 4 aliphatic heterocycles. The number of fused-ring (bicyclic) bond motifs is 1. The zero-order valence-electron chi connectivity index (χ0n) is 41.7. The molecule has 0 bridgehead atoms. The van der Waals surface area contributed by atoms with Crippen LogP contribution >= 0.6 is 23.1 Å². The molecule has 5 aromatic rings. The first-order valence-electron chi connectivity index (χ1n) is 25.1. The normalized spacial score (nSPS) is 19.1. The van der Waals surface area contributed by atoms with Crippen molar-refractivity contribution in [3.8, 4) is 5.75 Å². The lowest BCUT2D eigenvalue weighted by Crippen LogP contribution is -2.53. The smallest absolute Gasteiger partial charge is 0.234 e. The average Bonchev–Trinajstić information content (AvgIpc) is 3.35. The number of imide groups is 1. The minimum atomic E-state index is -2.75. The van der Waals surface area contributed by atoms with Crippen LogP contribution in [-0.4, -0.2) is 122 Å². The van der Waals surface area contributed by atoms with Crippen LogP contribution < -0.4 is 35.8 Å². The van der Waals surface area contributed by atoms with Crippen molar-refractivity contribution in [3.63, 3.8) is 0 Å². The Morgan fingerprint density at radius 1 is 0.859 bits per heavy atom. The van der Waals surface area contributed by atoms with Gasteiger partial charge in [-0.15, -0.1) is 0 Å². The molecule has 14 nitrogen and oxygen atoms in total. The number of hydrogen-bond donors (Lipinski definition) is 3. The Balaban J connectivity index is 0.757. The lowest BCUT2D eigenvalue weighted by molar-refractivity contribution is -0.134. The number of amides is 2. The summed E-state index contributed by atoms with van der Waals surface area (Å²) in [4.78, 5) is 48.0. The van der Waals surface area contributed by atoms with Gasteiger partial charge in [0.1, 0.15) is 30.3 Å². The second-order valence-corrected chi connectivity index (χ2v) is 24.1. The van der Waals surface area contributed by atoms with Gasteiger partial charge in [-0.3, -0.25) is 24.8 Å². The number of carbonyl (C=O) groups is 2. The zero-order valence-corrected chi connectivity index (χ0v) is 44.2. The van der Waals surface area contributed by atoms with E-state index in [1.165, 1.54) is 23.4 Å². The highest BCUT2D eigenvalue weighted by molar-refractivity contribution is 9.10. The number of halogens is 3. The molecule has 9 rings (SSSR count). The summed E-state index contributed by atoms with van der Waals surface area (Å²) in [6.07, 6.45) is 7.98. The lowest BCUT2D eigenvalue weighted by Gasteiger charge is -2.44. The van der Waals surface area contributed by atoms with Crippen LogP contribution in [-0.2, 0) is 20.6 Å². The lowest BCUT2D eigenvalue weighted by atomic mass is 9.89. The number of nitrogens with one attached hydrogen (secondary N) is 3. The van der Waals surface area contributed by atoms with Gasteiger partial charge in [0, 0.05) is 110 Å². The highest BCUT2D eigenvalue weighted by Crippen LogP contribution is 2.43. The number of pyridine rings is 1. The van der Waals surface area contributed by atoms with E-state index in [4.69, 9.17) is 14.7 Å². The Morgan fingerprint density at radius 3 is 2.23 bits per heavy atom. The number of nitrogens with zero attached hydrogens (tertiary/aromatic N) is 7. The van der Waals surface area contributed by atoms with Crippen LogP contribution in [0.1, 0.15) is 80.2 Å². The molecule has 1 unspecified atom stereocenters. The number of rotatable bonds is 14. The molecule has 3 aromatic carbocycles. The molecule has 0 aliphatic carbocycles. The van der Waals surface area contributed by atoms with Gasteiger partial charge in [-0.05, 0) is 148 Å². The molecule has 6 heterocycles. The van der Waals surface area contributed by atoms with Crippen molar-refractivity contribution >= 4 is 85.6 Å². The van der Waals surface area contributed by atoms with Crippen molar-refractivity contribution in [2.45, 2.75) is 84.1 Å². The summed E-state index contributed by atoms with van der Waals surface area (Å²) in [6, 6.07) is 13.5. The second-order valence-electron chi connectivity index (χ2n) is 20.1. The zero-order chi connectivity index (χ0) is 50.1. The highest BCUT2D eigenvalue weighted by atomic mass is 79.9. The third-order valence-corrected chi connectivity index (χ3v) is 17.3. The molecular weight excluding hydrogens is 990 g/mol. The van der Waals surface area contributed by atoms with Gasteiger partial charge in [-0.1, -0.05) is 6.92 Å². The SMILES string of the molecule is CCc1cc(Nc2ncc(Br)c(Nc3ccc4nc(C)c(C)cc4c3P(C)(C)=O)n2)c(OC)cc1N1CCC(N2CCN(CCC3CCN(c4cc(F)c(C5CCC(=O)NC5=O)c(F)c4)CC3)CC2)CC1. The maximum atomic E-state index is 15.2. The summed E-state index contributed by atoms with van der Waals surface area (Å²) >= 11 is 3.64. The van der Waals surface area contributed by atoms with Crippen molar-refractivity contribution < 1.29 is 27.7 Å². The molecule has 4 saturated heterocycles. The number of aromatic nitrogens is 3. The fourth-order valence-corrected chi connectivity index (χ4v) is 12.8. The number of ether oxygens (including phenoxy) is 1. The van der Waals surface area contributed by atoms with E-state index in [0.29, 0.717) is 45.3 Å². The summed E-state index contributed by atoms with van der Waals surface area (Å²) in [5.41, 5.74) is 6.95. The minimum Gasteiger partial charge on any atom is -0.494 e. The number of piperazine rings is 1. The maximum Gasteiger partial charge on any atom is 0.234 e. The molecule has 378 valence electrons. The number of hydrogen-bond acceptors (Lipinski definition) is 13. The van der Waals surface area contributed by atoms with Crippen molar-refractivity contribution in [1.29, 1.82) is 0 Å². The fraction of sp³-hybridized carbons (Fsp3) is 0.491. The first-order chi connectivity index (χ1) is 34.1. The van der Waals surface area contributed by atoms with Gasteiger partial charge in [0.05, 0.1) is 34.4 Å². The minimum absolute atomic E-state index is 0.0709. The highest BCUT2D eigenvalue weighted by Gasteiger charge is 2.34. The second kappa shape index (κ2) is 21.5. The van der Waals surface area contributed by atoms with Gasteiger partial charge in [0.25, 0.3) is 0 Å². The molecule has 71 heavy (non-hydrogen) atoms. The van der Waals surface area contributed by atoms with E-state index < -0.39 is 36.5 Å². The van der Waals surface area contributed by atoms with E-state index in [-0.39, 0.29) is 18.4 Å². The number of methoxy groups -OCH3 is 1.